The normalized spacial score (nSPS) is 21.1. The lowest BCUT2D eigenvalue weighted by atomic mass is 10.0. The van der Waals surface area contributed by atoms with E-state index in [1.807, 2.05) is 20.8 Å². The Bertz CT molecular complexity index is 344. The largest absolute Gasteiger partial charge is 0.460 e. The molecule has 0 saturated carbocycles. The maximum atomic E-state index is 11.7. The Hall–Kier alpha value is -1.30. The van der Waals surface area contributed by atoms with Crippen molar-refractivity contribution in [2.75, 3.05) is 0 Å². The Labute approximate surface area is 103 Å². The third-order valence-electron chi connectivity index (χ3n) is 2.74. The van der Waals surface area contributed by atoms with Crippen molar-refractivity contribution >= 4 is 5.97 Å². The summed E-state index contributed by atoms with van der Waals surface area (Å²) in [6, 6.07) is 2.31. The first-order valence-corrected chi connectivity index (χ1v) is 6.20. The van der Waals surface area contributed by atoms with Crippen molar-refractivity contribution in [3.05, 3.63) is 11.6 Å². The smallest absolute Gasteiger partial charge is 0.310 e. The van der Waals surface area contributed by atoms with Gasteiger partial charge in [-0.25, -0.2) is 0 Å². The Morgan fingerprint density at radius 1 is 1.53 bits per heavy atom. The highest BCUT2D eigenvalue weighted by Gasteiger charge is 2.19. The molecule has 0 N–H and O–H groups in total. The molecule has 1 aliphatic rings. The molecule has 0 spiro atoms. The first-order valence-electron chi connectivity index (χ1n) is 6.20. The fourth-order valence-corrected chi connectivity index (χ4v) is 1.95. The number of esters is 1. The Balaban J connectivity index is 2.45. The van der Waals surface area contributed by atoms with E-state index in [1.54, 1.807) is 0 Å². The minimum absolute atomic E-state index is 0.141. The van der Waals surface area contributed by atoms with Gasteiger partial charge >= 0.3 is 5.97 Å². The minimum Gasteiger partial charge on any atom is -0.460 e. The van der Waals surface area contributed by atoms with Crippen molar-refractivity contribution in [2.45, 2.75) is 58.5 Å². The highest BCUT2D eigenvalue weighted by atomic mass is 16.6. The molecule has 94 valence electrons. The van der Waals surface area contributed by atoms with E-state index in [0.717, 1.165) is 31.3 Å². The number of rotatable bonds is 2. The summed E-state index contributed by atoms with van der Waals surface area (Å²) in [5.74, 6) is -0.0263. The second-order valence-corrected chi connectivity index (χ2v) is 5.57. The van der Waals surface area contributed by atoms with E-state index in [9.17, 15) is 4.79 Å². The van der Waals surface area contributed by atoms with Crippen LogP contribution in [0.5, 0.6) is 0 Å². The van der Waals surface area contributed by atoms with E-state index in [1.165, 1.54) is 0 Å². The molecule has 17 heavy (non-hydrogen) atoms. The van der Waals surface area contributed by atoms with E-state index >= 15 is 0 Å². The van der Waals surface area contributed by atoms with Gasteiger partial charge in [0.15, 0.2) is 0 Å². The average molecular weight is 235 g/mol. The molecule has 0 saturated heterocycles. The number of hydrogen-bond acceptors (Lipinski definition) is 3. The first kappa shape index (κ1) is 13.8. The molecule has 1 rings (SSSR count). The zero-order chi connectivity index (χ0) is 12.9. The molecule has 0 radical (unpaired) electrons. The van der Waals surface area contributed by atoms with Gasteiger partial charge in [0.05, 0.1) is 12.5 Å². The first-order chi connectivity index (χ1) is 7.90. The van der Waals surface area contributed by atoms with Crippen molar-refractivity contribution in [2.24, 2.45) is 5.92 Å². The van der Waals surface area contributed by atoms with Gasteiger partial charge in [-0.05, 0) is 46.5 Å². The van der Waals surface area contributed by atoms with Crippen LogP contribution in [0.3, 0.4) is 0 Å². The SMILES string of the molecule is CC(C)(C)OC(=O)CC1=CCCC(C#N)CC1. The van der Waals surface area contributed by atoms with E-state index in [0.29, 0.717) is 6.42 Å². The number of carbonyl (C=O) groups is 1. The zero-order valence-corrected chi connectivity index (χ0v) is 11.0. The molecular formula is C14H21NO2. The molecule has 1 atom stereocenters. The maximum Gasteiger partial charge on any atom is 0.310 e. The minimum atomic E-state index is -0.419. The molecule has 3 nitrogen and oxygen atoms in total. The van der Waals surface area contributed by atoms with Crippen LogP contribution in [0.1, 0.15) is 52.9 Å². The zero-order valence-electron chi connectivity index (χ0n) is 11.0. The third-order valence-corrected chi connectivity index (χ3v) is 2.74. The molecule has 0 aromatic carbocycles. The average Bonchev–Trinajstić information content (AvgIpc) is 2.40. The molecule has 1 aliphatic carbocycles. The standard InChI is InChI=1S/C14H21NO2/c1-14(2,3)17-13(16)9-11-5-4-6-12(10-15)8-7-11/h5,12H,4,6-9H2,1-3H3. The van der Waals surface area contributed by atoms with Gasteiger partial charge in [0.2, 0.25) is 0 Å². The van der Waals surface area contributed by atoms with E-state index in [4.69, 9.17) is 10.00 Å². The van der Waals surface area contributed by atoms with Crippen LogP contribution in [0.15, 0.2) is 11.6 Å². The molecule has 0 fully saturated rings. The van der Waals surface area contributed by atoms with Crippen LogP contribution in [0.2, 0.25) is 0 Å². The Kier molecular flexibility index (Phi) is 4.74. The van der Waals surface area contributed by atoms with Crippen LogP contribution >= 0.6 is 0 Å². The van der Waals surface area contributed by atoms with Crippen LogP contribution in [0.4, 0.5) is 0 Å². The number of nitriles is 1. The summed E-state index contributed by atoms with van der Waals surface area (Å²) in [7, 11) is 0. The van der Waals surface area contributed by atoms with Crippen molar-refractivity contribution in [3.8, 4) is 6.07 Å². The van der Waals surface area contributed by atoms with Crippen LogP contribution < -0.4 is 0 Å². The van der Waals surface area contributed by atoms with Gasteiger partial charge < -0.3 is 4.74 Å². The highest BCUT2D eigenvalue weighted by Crippen LogP contribution is 2.25. The molecule has 1 unspecified atom stereocenters. The van der Waals surface area contributed by atoms with Gasteiger partial charge in [-0.2, -0.15) is 5.26 Å². The second-order valence-electron chi connectivity index (χ2n) is 5.57. The molecule has 0 aliphatic heterocycles. The number of carbonyl (C=O) groups excluding carboxylic acids is 1. The molecule has 0 heterocycles. The predicted molar refractivity (Wildman–Crippen MR) is 66.1 cm³/mol. The molecule has 0 bridgehead atoms. The monoisotopic (exact) mass is 235 g/mol. The van der Waals surface area contributed by atoms with Crippen molar-refractivity contribution in [1.29, 1.82) is 5.26 Å². The van der Waals surface area contributed by atoms with E-state index < -0.39 is 5.60 Å². The summed E-state index contributed by atoms with van der Waals surface area (Å²) >= 11 is 0. The fourth-order valence-electron chi connectivity index (χ4n) is 1.95. The third kappa shape index (κ3) is 5.53. The fraction of sp³-hybridized carbons (Fsp3) is 0.714. The maximum absolute atomic E-state index is 11.7. The lowest BCUT2D eigenvalue weighted by Crippen LogP contribution is -2.24. The van der Waals surface area contributed by atoms with Crippen LogP contribution in [-0.4, -0.2) is 11.6 Å². The van der Waals surface area contributed by atoms with E-state index in [-0.39, 0.29) is 11.9 Å². The topological polar surface area (TPSA) is 50.1 Å². The molecule has 3 heteroatoms. The lowest BCUT2D eigenvalue weighted by molar-refractivity contribution is -0.153. The van der Waals surface area contributed by atoms with Crippen molar-refractivity contribution < 1.29 is 9.53 Å². The Morgan fingerprint density at radius 3 is 2.82 bits per heavy atom. The predicted octanol–water partition coefficient (Wildman–Crippen LogP) is 3.36. The lowest BCUT2D eigenvalue weighted by Gasteiger charge is -2.19. The van der Waals surface area contributed by atoms with Crippen LogP contribution in [0.25, 0.3) is 0 Å². The van der Waals surface area contributed by atoms with Gasteiger partial charge in [-0.1, -0.05) is 11.6 Å². The molecule has 0 amide bonds. The number of ether oxygens (including phenoxy) is 1. The quantitative estimate of drug-likeness (QED) is 0.544. The summed E-state index contributed by atoms with van der Waals surface area (Å²) in [6.07, 6.45) is 5.99. The highest BCUT2D eigenvalue weighted by molar-refractivity contribution is 5.72. The summed E-state index contributed by atoms with van der Waals surface area (Å²) in [6.45, 7) is 5.62. The Morgan fingerprint density at radius 2 is 2.24 bits per heavy atom. The second kappa shape index (κ2) is 5.86. The summed E-state index contributed by atoms with van der Waals surface area (Å²) in [5, 5.41) is 8.87. The van der Waals surface area contributed by atoms with Crippen molar-refractivity contribution in [1.82, 2.24) is 0 Å². The van der Waals surface area contributed by atoms with Gasteiger partial charge in [-0.15, -0.1) is 0 Å². The molecule has 0 aromatic rings. The van der Waals surface area contributed by atoms with Gasteiger partial charge in [-0.3, -0.25) is 4.79 Å². The number of nitrogens with zero attached hydrogens (tertiary/aromatic N) is 1. The van der Waals surface area contributed by atoms with Gasteiger partial charge in [0.1, 0.15) is 5.60 Å². The summed E-state index contributed by atoms with van der Waals surface area (Å²) in [4.78, 5) is 11.7. The van der Waals surface area contributed by atoms with Gasteiger partial charge in [0, 0.05) is 5.92 Å². The number of hydrogen-bond donors (Lipinski definition) is 0. The van der Waals surface area contributed by atoms with Crippen LogP contribution in [0, 0.1) is 17.2 Å². The van der Waals surface area contributed by atoms with E-state index in [2.05, 4.69) is 12.1 Å². The van der Waals surface area contributed by atoms with Gasteiger partial charge in [0.25, 0.3) is 0 Å². The van der Waals surface area contributed by atoms with Crippen LogP contribution in [-0.2, 0) is 9.53 Å². The van der Waals surface area contributed by atoms with Crippen molar-refractivity contribution in [3.63, 3.8) is 0 Å². The number of allylic oxidation sites excluding steroid dienone is 1. The molecule has 0 aromatic heterocycles. The summed E-state index contributed by atoms with van der Waals surface area (Å²) in [5.41, 5.74) is 0.703. The summed E-state index contributed by atoms with van der Waals surface area (Å²) < 4.78 is 5.29. The molecular weight excluding hydrogens is 214 g/mol.